The number of nitrogens with one attached hydrogen (secondary N) is 1. The van der Waals surface area contributed by atoms with E-state index >= 15 is 0 Å². The molecule has 2 aromatic rings. The van der Waals surface area contributed by atoms with Crippen molar-refractivity contribution in [1.29, 1.82) is 0 Å². The maximum atomic E-state index is 3.92. The fourth-order valence-corrected chi connectivity index (χ4v) is 1.66. The summed E-state index contributed by atoms with van der Waals surface area (Å²) >= 11 is 0. The van der Waals surface area contributed by atoms with Gasteiger partial charge in [-0.1, -0.05) is 18.2 Å². The largest absolute Gasteiger partial charge is 0.358 e. The number of aromatic nitrogens is 1. The minimum atomic E-state index is 0.857. The van der Waals surface area contributed by atoms with E-state index in [4.69, 9.17) is 0 Å². The maximum absolute atomic E-state index is 3.92. The fraction of sp³-hybridized carbons (Fsp3) is 0.182. The molecule has 0 amide bonds. The van der Waals surface area contributed by atoms with E-state index in [0.717, 1.165) is 6.42 Å². The third-order valence-corrected chi connectivity index (χ3v) is 2.28. The monoisotopic (exact) mass is 158 g/mol. The Labute approximate surface area is 72.4 Å². The van der Waals surface area contributed by atoms with Crippen LogP contribution in [0.4, 0.5) is 0 Å². The van der Waals surface area contributed by atoms with Gasteiger partial charge >= 0.3 is 0 Å². The molecule has 1 aromatic carbocycles. The van der Waals surface area contributed by atoms with Crippen LogP contribution in [0.25, 0.3) is 10.9 Å². The average Bonchev–Trinajstić information content (AvgIpc) is 2.40. The first-order valence-electron chi connectivity index (χ1n) is 4.18. The van der Waals surface area contributed by atoms with Gasteiger partial charge in [0.05, 0.1) is 0 Å². The molecule has 1 nitrogen and oxygen atoms in total. The Bertz CT molecular complexity index is 398. The van der Waals surface area contributed by atoms with Gasteiger partial charge in [-0.05, 0) is 31.9 Å². The van der Waals surface area contributed by atoms with Crippen LogP contribution in [-0.4, -0.2) is 4.98 Å². The SMILES string of the molecule is [CH2]Cc1c(C)[nH]c2ccccc12. The third kappa shape index (κ3) is 0.934. The van der Waals surface area contributed by atoms with Crippen LogP contribution in [0, 0.1) is 13.8 Å². The summed E-state index contributed by atoms with van der Waals surface area (Å²) in [6, 6.07) is 8.35. The molecule has 61 valence electrons. The summed E-state index contributed by atoms with van der Waals surface area (Å²) in [6.45, 7) is 6.02. The van der Waals surface area contributed by atoms with Crippen molar-refractivity contribution >= 4 is 10.9 Å². The lowest BCUT2D eigenvalue weighted by atomic mass is 10.1. The van der Waals surface area contributed by atoms with Gasteiger partial charge < -0.3 is 4.98 Å². The summed E-state index contributed by atoms with van der Waals surface area (Å²) in [5, 5.41) is 1.31. The van der Waals surface area contributed by atoms with E-state index in [-0.39, 0.29) is 0 Å². The number of aromatic amines is 1. The van der Waals surface area contributed by atoms with Crippen molar-refractivity contribution in [2.75, 3.05) is 0 Å². The topological polar surface area (TPSA) is 15.8 Å². The summed E-state index contributed by atoms with van der Waals surface area (Å²) in [5.41, 5.74) is 3.80. The van der Waals surface area contributed by atoms with Gasteiger partial charge in [0.15, 0.2) is 0 Å². The van der Waals surface area contributed by atoms with Crippen molar-refractivity contribution in [2.24, 2.45) is 0 Å². The second kappa shape index (κ2) is 2.67. The quantitative estimate of drug-likeness (QED) is 0.656. The van der Waals surface area contributed by atoms with E-state index < -0.39 is 0 Å². The second-order valence-corrected chi connectivity index (χ2v) is 3.02. The van der Waals surface area contributed by atoms with E-state index in [9.17, 15) is 0 Å². The molecule has 0 atom stereocenters. The summed E-state index contributed by atoms with van der Waals surface area (Å²) < 4.78 is 0. The zero-order chi connectivity index (χ0) is 8.55. The van der Waals surface area contributed by atoms with Crippen LogP contribution < -0.4 is 0 Å². The lowest BCUT2D eigenvalue weighted by Gasteiger charge is -1.93. The Balaban J connectivity index is 2.81. The van der Waals surface area contributed by atoms with Gasteiger partial charge in [-0.15, -0.1) is 0 Å². The minimum absolute atomic E-state index is 0.857. The fourth-order valence-electron chi connectivity index (χ4n) is 1.66. The molecule has 1 heteroatoms. The molecule has 0 unspecified atom stereocenters. The van der Waals surface area contributed by atoms with Gasteiger partial charge in [0, 0.05) is 16.6 Å². The van der Waals surface area contributed by atoms with Crippen molar-refractivity contribution in [3.63, 3.8) is 0 Å². The molecule has 0 bridgehead atoms. The molecular formula is C11H12N. The van der Waals surface area contributed by atoms with Gasteiger partial charge in [-0.3, -0.25) is 0 Å². The lowest BCUT2D eigenvalue weighted by Crippen LogP contribution is -1.80. The predicted molar refractivity (Wildman–Crippen MR) is 52.1 cm³/mol. The van der Waals surface area contributed by atoms with Crippen molar-refractivity contribution < 1.29 is 0 Å². The van der Waals surface area contributed by atoms with Gasteiger partial charge in [0.2, 0.25) is 0 Å². The van der Waals surface area contributed by atoms with Crippen LogP contribution in [0.5, 0.6) is 0 Å². The zero-order valence-corrected chi connectivity index (χ0v) is 7.22. The Morgan fingerprint density at radius 2 is 2.08 bits per heavy atom. The molecule has 0 aliphatic rings. The van der Waals surface area contributed by atoms with Crippen LogP contribution in [0.15, 0.2) is 24.3 Å². The number of hydrogen-bond acceptors (Lipinski definition) is 0. The highest BCUT2D eigenvalue weighted by atomic mass is 14.7. The minimum Gasteiger partial charge on any atom is -0.358 e. The smallest absolute Gasteiger partial charge is 0.0458 e. The zero-order valence-electron chi connectivity index (χ0n) is 7.22. The third-order valence-electron chi connectivity index (χ3n) is 2.28. The van der Waals surface area contributed by atoms with Crippen molar-refractivity contribution in [1.82, 2.24) is 4.98 Å². The highest BCUT2D eigenvalue weighted by Crippen LogP contribution is 2.21. The summed E-state index contributed by atoms with van der Waals surface area (Å²) in [4.78, 5) is 3.34. The van der Waals surface area contributed by atoms with Gasteiger partial charge in [-0.2, -0.15) is 0 Å². The van der Waals surface area contributed by atoms with Crippen LogP contribution in [0.1, 0.15) is 11.3 Å². The molecule has 0 saturated carbocycles. The second-order valence-electron chi connectivity index (χ2n) is 3.02. The molecule has 1 aromatic heterocycles. The first-order valence-corrected chi connectivity index (χ1v) is 4.18. The van der Waals surface area contributed by atoms with E-state index in [0.29, 0.717) is 0 Å². The molecule has 0 aliphatic heterocycles. The van der Waals surface area contributed by atoms with Crippen LogP contribution in [0.2, 0.25) is 0 Å². The number of rotatable bonds is 1. The Morgan fingerprint density at radius 1 is 1.33 bits per heavy atom. The lowest BCUT2D eigenvalue weighted by molar-refractivity contribution is 1.19. The van der Waals surface area contributed by atoms with Crippen LogP contribution in [-0.2, 0) is 6.42 Å². The van der Waals surface area contributed by atoms with Crippen molar-refractivity contribution in [3.05, 3.63) is 42.4 Å². The molecule has 0 spiro atoms. The number of fused-ring (bicyclic) bond motifs is 1. The first-order chi connectivity index (χ1) is 5.83. The Morgan fingerprint density at radius 3 is 2.83 bits per heavy atom. The summed E-state index contributed by atoms with van der Waals surface area (Å²) in [6.07, 6.45) is 0.857. The number of hydrogen-bond donors (Lipinski definition) is 1. The molecule has 0 aliphatic carbocycles. The number of para-hydroxylation sites is 1. The molecule has 1 N–H and O–H groups in total. The average molecular weight is 158 g/mol. The highest BCUT2D eigenvalue weighted by Gasteiger charge is 2.03. The molecular weight excluding hydrogens is 146 g/mol. The van der Waals surface area contributed by atoms with Crippen LogP contribution >= 0.6 is 0 Å². The molecule has 1 radical (unpaired) electrons. The van der Waals surface area contributed by atoms with Crippen molar-refractivity contribution in [3.8, 4) is 0 Å². The Kier molecular flexibility index (Phi) is 1.65. The Hall–Kier alpha value is -1.24. The normalized spacial score (nSPS) is 10.8. The standard InChI is InChI=1S/C11H12N/c1-3-9-8(2)12-11-7-5-4-6-10(9)11/h4-7,12H,1,3H2,2H3. The van der Waals surface area contributed by atoms with E-state index in [1.807, 2.05) is 6.07 Å². The molecule has 2 rings (SSSR count). The van der Waals surface area contributed by atoms with Gasteiger partial charge in [0.1, 0.15) is 0 Å². The first kappa shape index (κ1) is 7.41. The van der Waals surface area contributed by atoms with Crippen LogP contribution in [0.3, 0.4) is 0 Å². The van der Waals surface area contributed by atoms with E-state index in [2.05, 4.69) is 37.0 Å². The highest BCUT2D eigenvalue weighted by molar-refractivity contribution is 5.84. The van der Waals surface area contributed by atoms with E-state index in [1.165, 1.54) is 22.2 Å². The summed E-state index contributed by atoms with van der Waals surface area (Å²) in [7, 11) is 0. The molecule has 12 heavy (non-hydrogen) atoms. The molecule has 0 saturated heterocycles. The maximum Gasteiger partial charge on any atom is 0.0458 e. The number of H-pyrrole nitrogens is 1. The number of aryl methyl sites for hydroxylation is 1. The molecule has 0 fully saturated rings. The predicted octanol–water partition coefficient (Wildman–Crippen LogP) is 2.85. The van der Waals surface area contributed by atoms with Crippen molar-refractivity contribution in [2.45, 2.75) is 13.3 Å². The number of benzene rings is 1. The van der Waals surface area contributed by atoms with Gasteiger partial charge in [0.25, 0.3) is 0 Å². The van der Waals surface area contributed by atoms with Gasteiger partial charge in [-0.25, -0.2) is 0 Å². The molecule has 1 heterocycles. The van der Waals surface area contributed by atoms with E-state index in [1.54, 1.807) is 0 Å². The summed E-state index contributed by atoms with van der Waals surface area (Å²) in [5.74, 6) is 0.